The molecular weight excluding hydrogens is 148 g/mol. The maximum atomic E-state index is 5.68. The molecule has 12 heavy (non-hydrogen) atoms. The highest BCUT2D eigenvalue weighted by molar-refractivity contribution is 4.74. The summed E-state index contributed by atoms with van der Waals surface area (Å²) in [6.45, 7) is 14.3. The zero-order valence-corrected chi connectivity index (χ0v) is 9.48. The van der Waals surface area contributed by atoms with Crippen molar-refractivity contribution in [1.29, 1.82) is 0 Å². The van der Waals surface area contributed by atoms with Gasteiger partial charge >= 0.3 is 0 Å². The van der Waals surface area contributed by atoms with Gasteiger partial charge in [0.1, 0.15) is 0 Å². The molecule has 0 aliphatic heterocycles. The van der Waals surface area contributed by atoms with E-state index in [4.69, 9.17) is 4.74 Å². The van der Waals surface area contributed by atoms with Crippen molar-refractivity contribution in [3.05, 3.63) is 0 Å². The fourth-order valence-corrected chi connectivity index (χ4v) is 1.15. The monoisotopic (exact) mass is 172 g/mol. The average Bonchev–Trinajstić information content (AvgIpc) is 1.97. The Balaban J connectivity index is 3.84. The van der Waals surface area contributed by atoms with Crippen LogP contribution in [0.1, 0.15) is 48.0 Å². The van der Waals surface area contributed by atoms with Gasteiger partial charge in [0.2, 0.25) is 0 Å². The quantitative estimate of drug-likeness (QED) is 0.631. The van der Waals surface area contributed by atoms with E-state index in [0.717, 1.165) is 13.0 Å². The molecule has 0 radical (unpaired) electrons. The third-order valence-corrected chi connectivity index (χ3v) is 2.66. The van der Waals surface area contributed by atoms with Crippen LogP contribution in [0.15, 0.2) is 0 Å². The molecule has 0 spiro atoms. The number of rotatable bonds is 4. The van der Waals surface area contributed by atoms with Gasteiger partial charge in [0.25, 0.3) is 0 Å². The molecule has 0 saturated carbocycles. The minimum Gasteiger partial charge on any atom is -0.378 e. The Morgan fingerprint density at radius 2 is 1.67 bits per heavy atom. The first-order valence-electron chi connectivity index (χ1n) is 5.01. The molecule has 74 valence electrons. The van der Waals surface area contributed by atoms with Crippen molar-refractivity contribution in [3.63, 3.8) is 0 Å². The summed E-state index contributed by atoms with van der Waals surface area (Å²) in [5.41, 5.74) is 0.354. The van der Waals surface area contributed by atoms with Crippen LogP contribution in [0.25, 0.3) is 0 Å². The van der Waals surface area contributed by atoms with E-state index < -0.39 is 0 Å². The van der Waals surface area contributed by atoms with E-state index in [1.807, 2.05) is 0 Å². The molecule has 1 nitrogen and oxygen atoms in total. The highest BCUT2D eigenvalue weighted by Gasteiger charge is 2.25. The second-order valence-electron chi connectivity index (χ2n) is 4.73. The molecule has 0 aliphatic carbocycles. The molecule has 0 rings (SSSR count). The molecule has 0 aliphatic rings. The topological polar surface area (TPSA) is 9.23 Å². The van der Waals surface area contributed by atoms with Crippen molar-refractivity contribution >= 4 is 0 Å². The van der Waals surface area contributed by atoms with Crippen molar-refractivity contribution in [2.75, 3.05) is 6.61 Å². The Morgan fingerprint density at radius 3 is 2.00 bits per heavy atom. The van der Waals surface area contributed by atoms with E-state index in [2.05, 4.69) is 41.5 Å². The second-order valence-corrected chi connectivity index (χ2v) is 4.73. The molecule has 0 aromatic rings. The van der Waals surface area contributed by atoms with E-state index >= 15 is 0 Å². The smallest absolute Gasteiger partial charge is 0.0577 e. The van der Waals surface area contributed by atoms with Gasteiger partial charge in [-0.2, -0.15) is 0 Å². The average molecular weight is 172 g/mol. The third-order valence-electron chi connectivity index (χ3n) is 2.66. The standard InChI is InChI=1S/C11H24O/c1-7-8-12-10(3)9(2)11(4,5)6/h9-10H,7-8H2,1-6H3/t9-,10-/m0/s1. The van der Waals surface area contributed by atoms with Gasteiger partial charge in [-0.1, -0.05) is 34.6 Å². The van der Waals surface area contributed by atoms with E-state index in [9.17, 15) is 0 Å². The van der Waals surface area contributed by atoms with Gasteiger partial charge in [-0.05, 0) is 24.7 Å². The van der Waals surface area contributed by atoms with Crippen LogP contribution in [0.3, 0.4) is 0 Å². The highest BCUT2D eigenvalue weighted by Crippen LogP contribution is 2.29. The van der Waals surface area contributed by atoms with Crippen molar-refractivity contribution in [2.24, 2.45) is 11.3 Å². The lowest BCUT2D eigenvalue weighted by atomic mass is 9.79. The van der Waals surface area contributed by atoms with Crippen LogP contribution in [0.5, 0.6) is 0 Å². The first kappa shape index (κ1) is 12.0. The summed E-state index contributed by atoms with van der Waals surface area (Å²) in [6.07, 6.45) is 1.49. The molecule has 1 heteroatoms. The summed E-state index contributed by atoms with van der Waals surface area (Å²) in [4.78, 5) is 0. The first-order valence-corrected chi connectivity index (χ1v) is 5.01. The summed E-state index contributed by atoms with van der Waals surface area (Å²) in [5.74, 6) is 0.615. The van der Waals surface area contributed by atoms with Crippen LogP contribution < -0.4 is 0 Å². The Bertz CT molecular complexity index is 113. The molecule has 0 fully saturated rings. The van der Waals surface area contributed by atoms with Gasteiger partial charge in [0.15, 0.2) is 0 Å². The van der Waals surface area contributed by atoms with E-state index in [-0.39, 0.29) is 0 Å². The van der Waals surface area contributed by atoms with Crippen molar-refractivity contribution < 1.29 is 4.74 Å². The van der Waals surface area contributed by atoms with Crippen LogP contribution in [-0.4, -0.2) is 12.7 Å². The predicted molar refractivity (Wildman–Crippen MR) is 54.3 cm³/mol. The SMILES string of the molecule is CCCO[C@@H](C)[C@H](C)C(C)(C)C. The van der Waals surface area contributed by atoms with Crippen molar-refractivity contribution in [3.8, 4) is 0 Å². The Hall–Kier alpha value is -0.0400. The Labute approximate surface area is 77.5 Å². The van der Waals surface area contributed by atoms with Crippen LogP contribution in [-0.2, 0) is 4.74 Å². The third kappa shape index (κ3) is 4.10. The summed E-state index contributed by atoms with van der Waals surface area (Å²) < 4.78 is 5.68. The summed E-state index contributed by atoms with van der Waals surface area (Å²) >= 11 is 0. The zero-order chi connectivity index (χ0) is 9.78. The lowest BCUT2D eigenvalue weighted by molar-refractivity contribution is -0.00503. The highest BCUT2D eigenvalue weighted by atomic mass is 16.5. The fourth-order valence-electron chi connectivity index (χ4n) is 1.15. The van der Waals surface area contributed by atoms with Crippen LogP contribution in [0.4, 0.5) is 0 Å². The van der Waals surface area contributed by atoms with Crippen LogP contribution >= 0.6 is 0 Å². The summed E-state index contributed by atoms with van der Waals surface area (Å²) in [5, 5.41) is 0. The molecule has 0 aromatic heterocycles. The molecule has 0 heterocycles. The van der Waals surface area contributed by atoms with Crippen molar-refractivity contribution in [2.45, 2.75) is 54.1 Å². The molecule has 0 unspecified atom stereocenters. The van der Waals surface area contributed by atoms with Crippen LogP contribution in [0, 0.1) is 11.3 Å². The van der Waals surface area contributed by atoms with Gasteiger partial charge in [-0.25, -0.2) is 0 Å². The van der Waals surface area contributed by atoms with Crippen molar-refractivity contribution in [1.82, 2.24) is 0 Å². The molecular formula is C11H24O. The van der Waals surface area contributed by atoms with E-state index in [1.54, 1.807) is 0 Å². The van der Waals surface area contributed by atoms with Gasteiger partial charge in [-0.15, -0.1) is 0 Å². The van der Waals surface area contributed by atoms with E-state index in [0.29, 0.717) is 17.4 Å². The maximum absolute atomic E-state index is 5.68. The number of hydrogen-bond acceptors (Lipinski definition) is 1. The molecule has 2 atom stereocenters. The molecule has 0 aromatic carbocycles. The van der Waals surface area contributed by atoms with E-state index in [1.165, 1.54) is 0 Å². The maximum Gasteiger partial charge on any atom is 0.0577 e. The summed E-state index contributed by atoms with van der Waals surface area (Å²) in [6, 6.07) is 0. The van der Waals surface area contributed by atoms with Gasteiger partial charge < -0.3 is 4.74 Å². The predicted octanol–water partition coefficient (Wildman–Crippen LogP) is 3.48. The minimum atomic E-state index is 0.354. The second kappa shape index (κ2) is 4.86. The molecule has 0 N–H and O–H groups in total. The first-order chi connectivity index (χ1) is 5.39. The Kier molecular flexibility index (Phi) is 4.84. The lowest BCUT2D eigenvalue weighted by Gasteiger charge is -2.32. The molecule has 0 bridgehead atoms. The zero-order valence-electron chi connectivity index (χ0n) is 9.48. The number of hydrogen-bond donors (Lipinski definition) is 0. The van der Waals surface area contributed by atoms with Gasteiger partial charge in [0, 0.05) is 6.61 Å². The normalized spacial score (nSPS) is 17.5. The van der Waals surface area contributed by atoms with Crippen LogP contribution in [0.2, 0.25) is 0 Å². The minimum absolute atomic E-state index is 0.354. The summed E-state index contributed by atoms with van der Waals surface area (Å²) in [7, 11) is 0. The number of ether oxygens (including phenoxy) is 1. The van der Waals surface area contributed by atoms with Gasteiger partial charge in [-0.3, -0.25) is 0 Å². The largest absolute Gasteiger partial charge is 0.378 e. The Morgan fingerprint density at radius 1 is 1.17 bits per heavy atom. The fraction of sp³-hybridized carbons (Fsp3) is 1.00. The lowest BCUT2D eigenvalue weighted by Crippen LogP contribution is -2.29. The molecule has 0 amide bonds. The van der Waals surface area contributed by atoms with Gasteiger partial charge in [0.05, 0.1) is 6.10 Å². The molecule has 0 saturated heterocycles.